The van der Waals surface area contributed by atoms with Crippen LogP contribution in [-0.2, 0) is 4.74 Å². The maximum Gasteiger partial charge on any atom is 0.110 e. The second-order valence-corrected chi connectivity index (χ2v) is 5.97. The normalized spacial score (nSPS) is 16.0. The van der Waals surface area contributed by atoms with Crippen molar-refractivity contribution in [2.75, 3.05) is 18.9 Å². The van der Waals surface area contributed by atoms with Gasteiger partial charge in [-0.2, -0.15) is 0 Å². The SMILES string of the molecule is CCCNC(CSc1ccc(C)cc1)C1=CCCO1. The fourth-order valence-electron chi connectivity index (χ4n) is 2.05. The predicted molar refractivity (Wildman–Crippen MR) is 82.6 cm³/mol. The maximum absolute atomic E-state index is 5.70. The van der Waals surface area contributed by atoms with E-state index < -0.39 is 0 Å². The van der Waals surface area contributed by atoms with E-state index in [9.17, 15) is 0 Å². The average Bonchev–Trinajstić information content (AvgIpc) is 2.95. The molecule has 1 aliphatic rings. The molecule has 1 unspecified atom stereocenters. The Labute approximate surface area is 120 Å². The van der Waals surface area contributed by atoms with Gasteiger partial charge in [0.2, 0.25) is 0 Å². The molecule has 1 aromatic rings. The number of rotatable bonds is 7. The Balaban J connectivity index is 1.90. The van der Waals surface area contributed by atoms with Crippen LogP contribution in [0.4, 0.5) is 0 Å². The molecule has 1 aromatic carbocycles. The molecule has 0 aliphatic carbocycles. The number of thioether (sulfide) groups is 1. The van der Waals surface area contributed by atoms with Gasteiger partial charge in [-0.25, -0.2) is 0 Å². The van der Waals surface area contributed by atoms with Gasteiger partial charge in [0.05, 0.1) is 12.6 Å². The Kier molecular flexibility index (Phi) is 5.80. The van der Waals surface area contributed by atoms with Crippen LogP contribution in [0.15, 0.2) is 41.0 Å². The van der Waals surface area contributed by atoms with Gasteiger partial charge in [0.1, 0.15) is 5.76 Å². The van der Waals surface area contributed by atoms with Gasteiger partial charge >= 0.3 is 0 Å². The number of ether oxygens (including phenoxy) is 1. The average molecular weight is 277 g/mol. The Hall–Kier alpha value is -0.930. The highest BCUT2D eigenvalue weighted by molar-refractivity contribution is 7.99. The van der Waals surface area contributed by atoms with Crippen LogP contribution in [0.3, 0.4) is 0 Å². The molecule has 0 aromatic heterocycles. The molecule has 104 valence electrons. The summed E-state index contributed by atoms with van der Waals surface area (Å²) >= 11 is 1.89. The standard InChI is InChI=1S/C16H23NOS/c1-3-10-17-15(16-5-4-11-18-16)12-19-14-8-6-13(2)7-9-14/h5-9,15,17H,3-4,10-12H2,1-2H3. The van der Waals surface area contributed by atoms with E-state index >= 15 is 0 Å². The summed E-state index contributed by atoms with van der Waals surface area (Å²) in [5.74, 6) is 2.16. The fourth-order valence-corrected chi connectivity index (χ4v) is 3.02. The monoisotopic (exact) mass is 277 g/mol. The zero-order valence-corrected chi connectivity index (χ0v) is 12.6. The third kappa shape index (κ3) is 4.59. The molecular weight excluding hydrogens is 254 g/mol. The predicted octanol–water partition coefficient (Wildman–Crippen LogP) is 3.76. The highest BCUT2D eigenvalue weighted by Gasteiger charge is 2.18. The molecule has 19 heavy (non-hydrogen) atoms. The highest BCUT2D eigenvalue weighted by Crippen LogP contribution is 2.23. The van der Waals surface area contributed by atoms with Gasteiger partial charge in [-0.05, 0) is 38.1 Å². The number of hydrogen-bond donors (Lipinski definition) is 1. The maximum atomic E-state index is 5.70. The zero-order chi connectivity index (χ0) is 13.5. The van der Waals surface area contributed by atoms with Crippen LogP contribution in [0, 0.1) is 6.92 Å². The van der Waals surface area contributed by atoms with Gasteiger partial charge in [-0.1, -0.05) is 24.6 Å². The molecule has 1 atom stereocenters. The first kappa shape index (κ1) is 14.5. The van der Waals surface area contributed by atoms with Crippen molar-refractivity contribution >= 4 is 11.8 Å². The Morgan fingerprint density at radius 2 is 2.11 bits per heavy atom. The summed E-state index contributed by atoms with van der Waals surface area (Å²) in [6, 6.07) is 9.07. The molecule has 0 amide bonds. The lowest BCUT2D eigenvalue weighted by molar-refractivity contribution is 0.220. The van der Waals surface area contributed by atoms with E-state index in [4.69, 9.17) is 4.74 Å². The van der Waals surface area contributed by atoms with E-state index in [1.54, 1.807) is 0 Å². The molecule has 0 fully saturated rings. The van der Waals surface area contributed by atoms with E-state index in [0.29, 0.717) is 6.04 Å². The Bertz CT molecular complexity index is 413. The third-order valence-electron chi connectivity index (χ3n) is 3.15. The lowest BCUT2D eigenvalue weighted by Gasteiger charge is -2.19. The summed E-state index contributed by atoms with van der Waals surface area (Å²) in [7, 11) is 0. The number of aryl methyl sites for hydroxylation is 1. The van der Waals surface area contributed by atoms with Gasteiger partial charge in [-0.15, -0.1) is 11.8 Å². The van der Waals surface area contributed by atoms with Gasteiger partial charge in [0.25, 0.3) is 0 Å². The van der Waals surface area contributed by atoms with Crippen molar-refractivity contribution in [2.24, 2.45) is 0 Å². The van der Waals surface area contributed by atoms with Gasteiger partial charge in [-0.3, -0.25) is 0 Å². The lowest BCUT2D eigenvalue weighted by Crippen LogP contribution is -2.34. The minimum absolute atomic E-state index is 0.341. The van der Waals surface area contributed by atoms with Gasteiger partial charge in [0, 0.05) is 17.1 Å². The Morgan fingerprint density at radius 1 is 1.32 bits per heavy atom. The van der Waals surface area contributed by atoms with E-state index in [1.165, 1.54) is 10.5 Å². The van der Waals surface area contributed by atoms with Crippen LogP contribution < -0.4 is 5.32 Å². The van der Waals surface area contributed by atoms with Gasteiger partial charge < -0.3 is 10.1 Å². The molecule has 2 rings (SSSR count). The van der Waals surface area contributed by atoms with E-state index in [1.807, 2.05) is 11.8 Å². The molecule has 0 spiro atoms. The van der Waals surface area contributed by atoms with E-state index in [-0.39, 0.29) is 0 Å². The minimum atomic E-state index is 0.341. The first-order chi connectivity index (χ1) is 9.29. The van der Waals surface area contributed by atoms with E-state index in [2.05, 4.69) is 49.5 Å². The van der Waals surface area contributed by atoms with Crippen molar-refractivity contribution in [3.63, 3.8) is 0 Å². The zero-order valence-electron chi connectivity index (χ0n) is 11.8. The van der Waals surface area contributed by atoms with Crippen molar-refractivity contribution in [1.29, 1.82) is 0 Å². The number of hydrogen-bond acceptors (Lipinski definition) is 3. The number of benzene rings is 1. The molecule has 1 N–H and O–H groups in total. The molecular formula is C16H23NOS. The van der Waals surface area contributed by atoms with Crippen molar-refractivity contribution in [2.45, 2.75) is 37.6 Å². The quantitative estimate of drug-likeness (QED) is 0.767. The smallest absolute Gasteiger partial charge is 0.110 e. The molecule has 2 nitrogen and oxygen atoms in total. The second kappa shape index (κ2) is 7.61. The molecule has 3 heteroatoms. The van der Waals surface area contributed by atoms with Crippen molar-refractivity contribution in [1.82, 2.24) is 5.32 Å². The fraction of sp³-hybridized carbons (Fsp3) is 0.500. The van der Waals surface area contributed by atoms with Crippen LogP contribution in [-0.4, -0.2) is 24.9 Å². The summed E-state index contributed by atoms with van der Waals surface area (Å²) < 4.78 is 5.70. The summed E-state index contributed by atoms with van der Waals surface area (Å²) in [6.07, 6.45) is 4.43. The largest absolute Gasteiger partial charge is 0.496 e. The molecule has 1 aliphatic heterocycles. The molecule has 0 bridgehead atoms. The van der Waals surface area contributed by atoms with Crippen LogP contribution in [0.25, 0.3) is 0 Å². The molecule has 1 heterocycles. The second-order valence-electron chi connectivity index (χ2n) is 4.87. The van der Waals surface area contributed by atoms with Crippen LogP contribution in [0.5, 0.6) is 0 Å². The number of nitrogens with one attached hydrogen (secondary N) is 1. The van der Waals surface area contributed by atoms with Crippen LogP contribution in [0.2, 0.25) is 0 Å². The molecule has 0 saturated heterocycles. The van der Waals surface area contributed by atoms with Crippen molar-refractivity contribution < 1.29 is 4.74 Å². The van der Waals surface area contributed by atoms with Crippen molar-refractivity contribution in [3.05, 3.63) is 41.7 Å². The molecule has 0 radical (unpaired) electrons. The van der Waals surface area contributed by atoms with E-state index in [0.717, 1.165) is 37.5 Å². The van der Waals surface area contributed by atoms with Crippen LogP contribution in [0.1, 0.15) is 25.3 Å². The van der Waals surface area contributed by atoms with Crippen molar-refractivity contribution in [3.8, 4) is 0 Å². The van der Waals surface area contributed by atoms with Gasteiger partial charge in [0.15, 0.2) is 0 Å². The molecule has 0 saturated carbocycles. The first-order valence-electron chi connectivity index (χ1n) is 7.05. The highest BCUT2D eigenvalue weighted by atomic mass is 32.2. The third-order valence-corrected chi connectivity index (χ3v) is 4.26. The summed E-state index contributed by atoms with van der Waals surface area (Å²) in [4.78, 5) is 1.33. The van der Waals surface area contributed by atoms with Crippen LogP contribution >= 0.6 is 11.8 Å². The summed E-state index contributed by atoms with van der Waals surface area (Å²) in [5, 5.41) is 3.58. The first-order valence-corrected chi connectivity index (χ1v) is 8.04. The Morgan fingerprint density at radius 3 is 2.74 bits per heavy atom. The lowest BCUT2D eigenvalue weighted by atomic mass is 10.2. The minimum Gasteiger partial charge on any atom is -0.496 e. The summed E-state index contributed by atoms with van der Waals surface area (Å²) in [5.41, 5.74) is 1.31. The summed E-state index contributed by atoms with van der Waals surface area (Å²) in [6.45, 7) is 6.20. The topological polar surface area (TPSA) is 21.3 Å².